The van der Waals surface area contributed by atoms with Gasteiger partial charge in [0, 0.05) is 5.56 Å². The average Bonchev–Trinajstić information content (AvgIpc) is 1.94. The third-order valence-electron chi connectivity index (χ3n) is 1.31. The number of pyridine rings is 1. The van der Waals surface area contributed by atoms with Crippen molar-refractivity contribution in [3.8, 4) is 0 Å². The second kappa shape index (κ2) is 2.64. The summed E-state index contributed by atoms with van der Waals surface area (Å²) in [6.45, 7) is 1.86. The molecule has 1 heterocycles. The molecule has 0 aromatic carbocycles. The molecule has 0 aliphatic rings. The molecule has 0 bridgehead atoms. The molecule has 0 saturated heterocycles. The second-order valence-corrected chi connectivity index (χ2v) is 2.07. The van der Waals surface area contributed by atoms with Crippen LogP contribution >= 0.6 is 0 Å². The SMILES string of the molecule is CCc1cc(N)cnc1F. The first-order valence-corrected chi connectivity index (χ1v) is 3.14. The van der Waals surface area contributed by atoms with E-state index in [-0.39, 0.29) is 0 Å². The number of hydrogen-bond donors (Lipinski definition) is 1. The van der Waals surface area contributed by atoms with E-state index >= 15 is 0 Å². The Kier molecular flexibility index (Phi) is 1.85. The van der Waals surface area contributed by atoms with Gasteiger partial charge in [-0.2, -0.15) is 4.39 Å². The summed E-state index contributed by atoms with van der Waals surface area (Å²) in [5, 5.41) is 0. The smallest absolute Gasteiger partial charge is 0.216 e. The van der Waals surface area contributed by atoms with Gasteiger partial charge >= 0.3 is 0 Å². The maximum absolute atomic E-state index is 12.6. The highest BCUT2D eigenvalue weighted by Crippen LogP contribution is 2.08. The molecule has 0 unspecified atom stereocenters. The first-order valence-electron chi connectivity index (χ1n) is 3.14. The molecule has 2 N–H and O–H groups in total. The summed E-state index contributed by atoms with van der Waals surface area (Å²) in [5.41, 5.74) is 6.46. The van der Waals surface area contributed by atoms with Crippen LogP contribution < -0.4 is 5.73 Å². The number of anilines is 1. The average molecular weight is 140 g/mol. The first-order chi connectivity index (χ1) is 4.74. The van der Waals surface area contributed by atoms with Crippen LogP contribution in [-0.2, 0) is 6.42 Å². The zero-order valence-electron chi connectivity index (χ0n) is 5.76. The van der Waals surface area contributed by atoms with Gasteiger partial charge in [-0.25, -0.2) is 4.98 Å². The molecule has 0 atom stereocenters. The molecule has 0 spiro atoms. The number of nitrogens with zero attached hydrogens (tertiary/aromatic N) is 1. The number of aromatic nitrogens is 1. The second-order valence-electron chi connectivity index (χ2n) is 2.07. The number of halogens is 1. The van der Waals surface area contributed by atoms with Crippen molar-refractivity contribution in [2.45, 2.75) is 13.3 Å². The number of nitrogen functional groups attached to an aromatic ring is 1. The van der Waals surface area contributed by atoms with Crippen LogP contribution in [0.1, 0.15) is 12.5 Å². The molecule has 2 nitrogen and oxygen atoms in total. The van der Waals surface area contributed by atoms with Gasteiger partial charge in [-0.05, 0) is 12.5 Å². The van der Waals surface area contributed by atoms with Crippen LogP contribution in [0.2, 0.25) is 0 Å². The molecule has 1 aromatic rings. The van der Waals surface area contributed by atoms with Gasteiger partial charge in [0.25, 0.3) is 0 Å². The summed E-state index contributed by atoms with van der Waals surface area (Å²) in [5.74, 6) is -0.420. The van der Waals surface area contributed by atoms with E-state index in [1.54, 1.807) is 6.07 Å². The molecule has 10 heavy (non-hydrogen) atoms. The van der Waals surface area contributed by atoms with Gasteiger partial charge in [-0.15, -0.1) is 0 Å². The minimum absolute atomic E-state index is 0.420. The van der Waals surface area contributed by atoms with Crippen LogP contribution in [0.4, 0.5) is 10.1 Å². The van der Waals surface area contributed by atoms with Crippen LogP contribution in [-0.4, -0.2) is 4.98 Å². The van der Waals surface area contributed by atoms with Crippen LogP contribution in [0.3, 0.4) is 0 Å². The Morgan fingerprint density at radius 3 is 2.90 bits per heavy atom. The zero-order chi connectivity index (χ0) is 7.56. The molecule has 3 heteroatoms. The van der Waals surface area contributed by atoms with Crippen molar-refractivity contribution in [3.63, 3.8) is 0 Å². The highest BCUT2D eigenvalue weighted by atomic mass is 19.1. The molecule has 1 rings (SSSR count). The lowest BCUT2D eigenvalue weighted by molar-refractivity contribution is 0.569. The quantitative estimate of drug-likeness (QED) is 0.598. The van der Waals surface area contributed by atoms with E-state index in [1.807, 2.05) is 6.92 Å². The van der Waals surface area contributed by atoms with Crippen molar-refractivity contribution in [1.29, 1.82) is 0 Å². The largest absolute Gasteiger partial charge is 0.397 e. The summed E-state index contributed by atoms with van der Waals surface area (Å²) < 4.78 is 12.6. The summed E-state index contributed by atoms with van der Waals surface area (Å²) >= 11 is 0. The minimum Gasteiger partial charge on any atom is -0.397 e. The van der Waals surface area contributed by atoms with E-state index in [1.165, 1.54) is 6.20 Å². The van der Waals surface area contributed by atoms with Gasteiger partial charge in [0.2, 0.25) is 5.95 Å². The van der Waals surface area contributed by atoms with Gasteiger partial charge in [0.15, 0.2) is 0 Å². The Balaban J connectivity index is 3.09. The Morgan fingerprint density at radius 2 is 2.40 bits per heavy atom. The summed E-state index contributed by atoms with van der Waals surface area (Å²) in [6, 6.07) is 1.60. The van der Waals surface area contributed by atoms with Crippen molar-refractivity contribution < 1.29 is 4.39 Å². The maximum atomic E-state index is 12.6. The van der Waals surface area contributed by atoms with Crippen LogP contribution in [0.15, 0.2) is 12.3 Å². The van der Waals surface area contributed by atoms with E-state index in [2.05, 4.69) is 4.98 Å². The lowest BCUT2D eigenvalue weighted by Gasteiger charge is -1.97. The number of rotatable bonds is 1. The van der Waals surface area contributed by atoms with E-state index in [9.17, 15) is 4.39 Å². The number of nitrogens with two attached hydrogens (primary N) is 1. The summed E-state index contributed by atoms with van der Waals surface area (Å²) in [7, 11) is 0. The lowest BCUT2D eigenvalue weighted by Crippen LogP contribution is -1.94. The van der Waals surface area contributed by atoms with E-state index in [4.69, 9.17) is 5.73 Å². The van der Waals surface area contributed by atoms with Gasteiger partial charge < -0.3 is 5.73 Å². The molecular formula is C7H9FN2. The molecule has 0 aliphatic heterocycles. The molecule has 0 saturated carbocycles. The lowest BCUT2D eigenvalue weighted by atomic mass is 10.2. The highest BCUT2D eigenvalue weighted by molar-refractivity contribution is 5.37. The topological polar surface area (TPSA) is 38.9 Å². The summed E-state index contributed by atoms with van der Waals surface area (Å²) in [6.07, 6.45) is 1.94. The van der Waals surface area contributed by atoms with Crippen LogP contribution in [0.5, 0.6) is 0 Å². The number of hydrogen-bond acceptors (Lipinski definition) is 2. The number of aryl methyl sites for hydroxylation is 1. The Hall–Kier alpha value is -1.12. The van der Waals surface area contributed by atoms with Gasteiger partial charge in [0.05, 0.1) is 11.9 Å². The van der Waals surface area contributed by atoms with Gasteiger partial charge in [-0.3, -0.25) is 0 Å². The zero-order valence-corrected chi connectivity index (χ0v) is 5.76. The van der Waals surface area contributed by atoms with Gasteiger partial charge in [0.1, 0.15) is 0 Å². The maximum Gasteiger partial charge on any atom is 0.216 e. The Labute approximate surface area is 58.9 Å². The van der Waals surface area contributed by atoms with Crippen molar-refractivity contribution in [1.82, 2.24) is 4.98 Å². The normalized spacial score (nSPS) is 9.80. The fourth-order valence-electron chi connectivity index (χ4n) is 0.760. The van der Waals surface area contributed by atoms with Crippen molar-refractivity contribution in [3.05, 3.63) is 23.8 Å². The Bertz CT molecular complexity index is 235. The van der Waals surface area contributed by atoms with Crippen LogP contribution in [0.25, 0.3) is 0 Å². The van der Waals surface area contributed by atoms with E-state index < -0.39 is 5.95 Å². The minimum atomic E-state index is -0.420. The van der Waals surface area contributed by atoms with Crippen molar-refractivity contribution in [2.75, 3.05) is 5.73 Å². The standard InChI is InChI=1S/C7H9FN2/c1-2-5-3-6(9)4-10-7(5)8/h3-4H,2,9H2,1H3. The predicted octanol–water partition coefficient (Wildman–Crippen LogP) is 1.37. The molecule has 0 radical (unpaired) electrons. The van der Waals surface area contributed by atoms with E-state index in [0.717, 1.165) is 0 Å². The monoisotopic (exact) mass is 140 g/mol. The fourth-order valence-corrected chi connectivity index (χ4v) is 0.760. The molecule has 1 aromatic heterocycles. The summed E-state index contributed by atoms with van der Waals surface area (Å²) in [4.78, 5) is 3.46. The third-order valence-corrected chi connectivity index (χ3v) is 1.31. The van der Waals surface area contributed by atoms with Crippen molar-refractivity contribution >= 4 is 5.69 Å². The third kappa shape index (κ3) is 1.23. The first kappa shape index (κ1) is 6.99. The molecule has 0 amide bonds. The highest BCUT2D eigenvalue weighted by Gasteiger charge is 1.99. The van der Waals surface area contributed by atoms with E-state index in [0.29, 0.717) is 17.7 Å². The van der Waals surface area contributed by atoms with Crippen molar-refractivity contribution in [2.24, 2.45) is 0 Å². The van der Waals surface area contributed by atoms with Gasteiger partial charge in [-0.1, -0.05) is 6.92 Å². The Morgan fingerprint density at radius 1 is 1.70 bits per heavy atom. The van der Waals surface area contributed by atoms with Crippen LogP contribution in [0, 0.1) is 5.95 Å². The molecular weight excluding hydrogens is 131 g/mol. The molecule has 0 fully saturated rings. The molecule has 0 aliphatic carbocycles. The predicted molar refractivity (Wildman–Crippen MR) is 38.0 cm³/mol. The molecule has 54 valence electrons. The fraction of sp³-hybridized carbons (Fsp3) is 0.286.